The molecule has 14 heavy (non-hydrogen) atoms. The molecule has 2 aliphatic rings. The molecule has 0 aromatic heterocycles. The zero-order chi connectivity index (χ0) is 9.64. The van der Waals surface area contributed by atoms with Gasteiger partial charge in [0.05, 0.1) is 0 Å². The van der Waals surface area contributed by atoms with Gasteiger partial charge in [-0.3, -0.25) is 0 Å². The van der Waals surface area contributed by atoms with Crippen LogP contribution in [0.1, 0.15) is 38.5 Å². The molecule has 2 atom stereocenters. The van der Waals surface area contributed by atoms with Crippen molar-refractivity contribution in [3.63, 3.8) is 0 Å². The van der Waals surface area contributed by atoms with Crippen molar-refractivity contribution in [3.8, 4) is 0 Å². The fraction of sp³-hybridized carbons (Fsp3) is 0.833. The molecule has 2 rings (SSSR count). The molecule has 1 heterocycles. The SMILES string of the molecule is C1=CC(NCC2CCCCS2)CCC1. The number of rotatable bonds is 3. The van der Waals surface area contributed by atoms with E-state index in [2.05, 4.69) is 29.2 Å². The molecule has 0 radical (unpaired) electrons. The summed E-state index contributed by atoms with van der Waals surface area (Å²) in [4.78, 5) is 0. The summed E-state index contributed by atoms with van der Waals surface area (Å²) in [6, 6.07) is 0.672. The first-order chi connectivity index (χ1) is 6.95. The van der Waals surface area contributed by atoms with Gasteiger partial charge in [0.15, 0.2) is 0 Å². The molecule has 1 fully saturated rings. The van der Waals surface area contributed by atoms with E-state index < -0.39 is 0 Å². The van der Waals surface area contributed by atoms with Gasteiger partial charge in [0.25, 0.3) is 0 Å². The molecular formula is C12H21NS. The lowest BCUT2D eigenvalue weighted by atomic mass is 10.0. The van der Waals surface area contributed by atoms with E-state index in [9.17, 15) is 0 Å². The Balaban J connectivity index is 1.65. The Morgan fingerprint density at radius 1 is 1.21 bits per heavy atom. The second-order valence-corrected chi connectivity index (χ2v) is 5.77. The summed E-state index contributed by atoms with van der Waals surface area (Å²) < 4.78 is 0. The summed E-state index contributed by atoms with van der Waals surface area (Å²) in [6.07, 6.45) is 13.0. The molecule has 1 N–H and O–H groups in total. The number of hydrogen-bond acceptors (Lipinski definition) is 2. The summed E-state index contributed by atoms with van der Waals surface area (Å²) >= 11 is 2.17. The van der Waals surface area contributed by atoms with Gasteiger partial charge < -0.3 is 5.32 Å². The zero-order valence-corrected chi connectivity index (χ0v) is 9.69. The lowest BCUT2D eigenvalue weighted by molar-refractivity contribution is 0.505. The van der Waals surface area contributed by atoms with E-state index >= 15 is 0 Å². The summed E-state index contributed by atoms with van der Waals surface area (Å²) in [5.74, 6) is 1.38. The van der Waals surface area contributed by atoms with Crippen molar-refractivity contribution in [3.05, 3.63) is 12.2 Å². The van der Waals surface area contributed by atoms with Gasteiger partial charge in [0.1, 0.15) is 0 Å². The number of allylic oxidation sites excluding steroid dienone is 1. The molecule has 1 nitrogen and oxygen atoms in total. The molecule has 80 valence electrons. The molecule has 2 heteroatoms. The van der Waals surface area contributed by atoms with Crippen LogP contribution in [0.2, 0.25) is 0 Å². The molecule has 1 saturated heterocycles. The van der Waals surface area contributed by atoms with E-state index in [1.807, 2.05) is 0 Å². The highest BCUT2D eigenvalue weighted by molar-refractivity contribution is 7.99. The standard InChI is InChI=1S/C12H21NS/c1-2-6-11(7-3-1)13-10-12-8-4-5-9-14-12/h2,6,11-13H,1,3-5,7-10H2. The normalized spacial score (nSPS) is 33.1. The summed E-state index contributed by atoms with van der Waals surface area (Å²) in [6.45, 7) is 1.22. The molecule has 0 aromatic carbocycles. The summed E-state index contributed by atoms with van der Waals surface area (Å²) in [5.41, 5.74) is 0. The predicted molar refractivity (Wildman–Crippen MR) is 64.9 cm³/mol. The second kappa shape index (κ2) is 5.82. The van der Waals surface area contributed by atoms with Gasteiger partial charge >= 0.3 is 0 Å². The topological polar surface area (TPSA) is 12.0 Å². The summed E-state index contributed by atoms with van der Waals surface area (Å²) in [7, 11) is 0. The monoisotopic (exact) mass is 211 g/mol. The minimum Gasteiger partial charge on any atom is -0.309 e. The third-order valence-electron chi connectivity index (χ3n) is 3.14. The van der Waals surface area contributed by atoms with Gasteiger partial charge in [-0.25, -0.2) is 0 Å². The minimum absolute atomic E-state index is 0.672. The highest BCUT2D eigenvalue weighted by atomic mass is 32.2. The van der Waals surface area contributed by atoms with Gasteiger partial charge in [-0.2, -0.15) is 11.8 Å². The zero-order valence-electron chi connectivity index (χ0n) is 8.87. The van der Waals surface area contributed by atoms with Crippen molar-refractivity contribution >= 4 is 11.8 Å². The smallest absolute Gasteiger partial charge is 0.0250 e. The molecule has 0 aromatic rings. The minimum atomic E-state index is 0.672. The van der Waals surface area contributed by atoms with Crippen molar-refractivity contribution in [1.29, 1.82) is 0 Å². The van der Waals surface area contributed by atoms with Crippen LogP contribution in [0.25, 0.3) is 0 Å². The predicted octanol–water partition coefficient (Wildman–Crippen LogP) is 2.97. The fourth-order valence-corrected chi connectivity index (χ4v) is 3.49. The maximum Gasteiger partial charge on any atom is 0.0250 e. The van der Waals surface area contributed by atoms with Crippen LogP contribution in [-0.4, -0.2) is 23.6 Å². The summed E-state index contributed by atoms with van der Waals surface area (Å²) in [5, 5.41) is 4.57. The van der Waals surface area contributed by atoms with Crippen LogP contribution < -0.4 is 5.32 Å². The number of hydrogen-bond donors (Lipinski definition) is 1. The first-order valence-electron chi connectivity index (χ1n) is 5.97. The molecule has 2 unspecified atom stereocenters. The Morgan fingerprint density at radius 2 is 2.21 bits per heavy atom. The highest BCUT2D eigenvalue weighted by Gasteiger charge is 2.15. The second-order valence-electron chi connectivity index (χ2n) is 4.36. The maximum atomic E-state index is 3.68. The average molecular weight is 211 g/mol. The molecule has 0 amide bonds. The van der Waals surface area contributed by atoms with Gasteiger partial charge in [-0.15, -0.1) is 0 Å². The van der Waals surface area contributed by atoms with E-state index in [0.29, 0.717) is 6.04 Å². The van der Waals surface area contributed by atoms with Crippen molar-refractivity contribution in [1.82, 2.24) is 5.32 Å². The van der Waals surface area contributed by atoms with Crippen LogP contribution in [0.5, 0.6) is 0 Å². The van der Waals surface area contributed by atoms with Crippen LogP contribution in [0.4, 0.5) is 0 Å². The van der Waals surface area contributed by atoms with E-state index in [4.69, 9.17) is 0 Å². The lowest BCUT2D eigenvalue weighted by Crippen LogP contribution is -2.34. The Morgan fingerprint density at radius 3 is 2.93 bits per heavy atom. The lowest BCUT2D eigenvalue weighted by Gasteiger charge is -2.25. The number of thioether (sulfide) groups is 1. The largest absolute Gasteiger partial charge is 0.309 e. The van der Waals surface area contributed by atoms with E-state index in [0.717, 1.165) is 5.25 Å². The van der Waals surface area contributed by atoms with Crippen molar-refractivity contribution in [2.45, 2.75) is 49.8 Å². The van der Waals surface area contributed by atoms with Crippen molar-refractivity contribution < 1.29 is 0 Å². The first kappa shape index (κ1) is 10.6. The Kier molecular flexibility index (Phi) is 4.39. The van der Waals surface area contributed by atoms with Gasteiger partial charge in [-0.1, -0.05) is 18.6 Å². The third-order valence-corrected chi connectivity index (χ3v) is 4.53. The maximum absolute atomic E-state index is 3.68. The van der Waals surface area contributed by atoms with E-state index in [-0.39, 0.29) is 0 Å². The van der Waals surface area contributed by atoms with Gasteiger partial charge in [0.2, 0.25) is 0 Å². The number of nitrogens with one attached hydrogen (secondary N) is 1. The molecule has 0 saturated carbocycles. The van der Waals surface area contributed by atoms with Crippen LogP contribution >= 0.6 is 11.8 Å². The third kappa shape index (κ3) is 3.32. The molecule has 1 aliphatic carbocycles. The Hall–Kier alpha value is 0.0500. The Bertz CT molecular complexity index is 185. The van der Waals surface area contributed by atoms with Gasteiger partial charge in [0, 0.05) is 17.8 Å². The van der Waals surface area contributed by atoms with Crippen molar-refractivity contribution in [2.24, 2.45) is 0 Å². The Labute approximate surface area is 91.7 Å². The van der Waals surface area contributed by atoms with Crippen molar-refractivity contribution in [2.75, 3.05) is 12.3 Å². The first-order valence-corrected chi connectivity index (χ1v) is 7.02. The molecule has 0 spiro atoms. The van der Waals surface area contributed by atoms with E-state index in [1.165, 1.54) is 50.8 Å². The average Bonchev–Trinajstić information content (AvgIpc) is 2.29. The molecular weight excluding hydrogens is 190 g/mol. The van der Waals surface area contributed by atoms with Crippen LogP contribution in [0, 0.1) is 0 Å². The molecule has 1 aliphatic heterocycles. The fourth-order valence-electron chi connectivity index (χ4n) is 2.23. The quantitative estimate of drug-likeness (QED) is 0.720. The van der Waals surface area contributed by atoms with Crippen LogP contribution in [0.3, 0.4) is 0 Å². The van der Waals surface area contributed by atoms with E-state index in [1.54, 1.807) is 0 Å². The van der Waals surface area contributed by atoms with Crippen LogP contribution in [0.15, 0.2) is 12.2 Å². The highest BCUT2D eigenvalue weighted by Crippen LogP contribution is 2.24. The van der Waals surface area contributed by atoms with Gasteiger partial charge in [-0.05, 0) is 37.9 Å². The molecule has 0 bridgehead atoms. The van der Waals surface area contributed by atoms with Crippen LogP contribution in [-0.2, 0) is 0 Å².